The first kappa shape index (κ1) is 27.8. The molecule has 0 radical (unpaired) electrons. The van der Waals surface area contributed by atoms with Gasteiger partial charge in [0.05, 0.1) is 28.5 Å². The molecule has 7 heteroatoms. The van der Waals surface area contributed by atoms with Crippen molar-refractivity contribution in [1.82, 2.24) is 14.9 Å². The molecule has 6 rings (SSSR count). The summed E-state index contributed by atoms with van der Waals surface area (Å²) in [6.45, 7) is 11.0. The average molecular weight is 584 g/mol. The molecule has 41 heavy (non-hydrogen) atoms. The minimum absolute atomic E-state index is 0.0936. The van der Waals surface area contributed by atoms with E-state index in [1.807, 2.05) is 18.3 Å². The van der Waals surface area contributed by atoms with Crippen molar-refractivity contribution < 1.29 is 0 Å². The molecule has 0 spiro atoms. The Morgan fingerprint density at radius 1 is 0.976 bits per heavy atom. The van der Waals surface area contributed by atoms with Gasteiger partial charge in [0.25, 0.3) is 0 Å². The van der Waals surface area contributed by atoms with Crippen molar-refractivity contribution in [2.75, 3.05) is 22.9 Å². The molecular formula is C34H38ClN5S. The second-order valence-corrected chi connectivity index (χ2v) is 12.2. The first-order chi connectivity index (χ1) is 19.9. The molecule has 5 nitrogen and oxygen atoms in total. The minimum Gasteiger partial charge on any atom is -0.370 e. The van der Waals surface area contributed by atoms with Crippen LogP contribution >= 0.6 is 23.8 Å². The molecular weight excluding hydrogens is 546 g/mol. The lowest BCUT2D eigenvalue weighted by atomic mass is 9.96. The molecule has 0 aliphatic carbocycles. The van der Waals surface area contributed by atoms with E-state index >= 15 is 0 Å². The van der Waals surface area contributed by atoms with Crippen molar-refractivity contribution in [2.24, 2.45) is 5.92 Å². The Labute approximate surface area is 254 Å². The van der Waals surface area contributed by atoms with Crippen molar-refractivity contribution in [3.63, 3.8) is 0 Å². The number of nitrogens with zero attached hydrogens (tertiary/aromatic N) is 4. The molecule has 2 aromatic carbocycles. The zero-order valence-corrected chi connectivity index (χ0v) is 25.8. The molecule has 0 bridgehead atoms. The highest BCUT2D eigenvalue weighted by Crippen LogP contribution is 2.45. The predicted octanol–water partition coefficient (Wildman–Crippen LogP) is 8.12. The van der Waals surface area contributed by atoms with E-state index in [0.717, 1.165) is 47.5 Å². The van der Waals surface area contributed by atoms with Crippen LogP contribution in [0.2, 0.25) is 5.02 Å². The number of aromatic nitrogens is 2. The van der Waals surface area contributed by atoms with Gasteiger partial charge in [-0.15, -0.1) is 0 Å². The second-order valence-electron chi connectivity index (χ2n) is 11.4. The third-order valence-electron chi connectivity index (χ3n) is 8.83. The van der Waals surface area contributed by atoms with Crippen LogP contribution in [0.3, 0.4) is 0 Å². The summed E-state index contributed by atoms with van der Waals surface area (Å²) < 4.78 is 2.39. The number of para-hydroxylation sites is 1. The molecule has 2 aromatic heterocycles. The third kappa shape index (κ3) is 5.13. The molecule has 2 aliphatic rings. The number of piperidine rings is 1. The van der Waals surface area contributed by atoms with Gasteiger partial charge in [0.2, 0.25) is 0 Å². The number of pyridine rings is 1. The number of halogens is 1. The number of thiocarbonyl (C=S) groups is 1. The maximum Gasteiger partial charge on any atom is 0.174 e. The van der Waals surface area contributed by atoms with E-state index in [2.05, 4.69) is 102 Å². The molecule has 0 amide bonds. The summed E-state index contributed by atoms with van der Waals surface area (Å²) in [7, 11) is 0. The van der Waals surface area contributed by atoms with Gasteiger partial charge >= 0.3 is 0 Å². The van der Waals surface area contributed by atoms with Crippen LogP contribution in [-0.4, -0.2) is 27.8 Å². The lowest BCUT2D eigenvalue weighted by Gasteiger charge is -2.33. The van der Waals surface area contributed by atoms with Gasteiger partial charge in [0.15, 0.2) is 5.11 Å². The summed E-state index contributed by atoms with van der Waals surface area (Å²) in [4.78, 5) is 9.41. The zero-order chi connectivity index (χ0) is 28.7. The Balaban J connectivity index is 1.45. The van der Waals surface area contributed by atoms with Gasteiger partial charge < -0.3 is 19.7 Å². The van der Waals surface area contributed by atoms with Crippen molar-refractivity contribution in [2.45, 2.75) is 59.0 Å². The summed E-state index contributed by atoms with van der Waals surface area (Å²) in [5, 5.41) is 5.07. The highest BCUT2D eigenvalue weighted by molar-refractivity contribution is 7.80. The van der Waals surface area contributed by atoms with E-state index in [1.165, 1.54) is 41.0 Å². The lowest BCUT2D eigenvalue weighted by molar-refractivity contribution is 0.438. The zero-order valence-electron chi connectivity index (χ0n) is 24.3. The van der Waals surface area contributed by atoms with Crippen molar-refractivity contribution in [3.05, 3.63) is 106 Å². The summed E-state index contributed by atoms with van der Waals surface area (Å²) >= 11 is 13.0. The predicted molar refractivity (Wildman–Crippen MR) is 175 cm³/mol. The maximum absolute atomic E-state index is 7.00. The quantitative estimate of drug-likeness (QED) is 0.232. The number of benzene rings is 2. The number of rotatable bonds is 6. The smallest absolute Gasteiger partial charge is 0.174 e. The number of anilines is 2. The highest BCUT2D eigenvalue weighted by atomic mass is 35.5. The molecule has 0 saturated carbocycles. The van der Waals surface area contributed by atoms with Crippen LogP contribution in [0, 0.1) is 19.8 Å². The van der Waals surface area contributed by atoms with Crippen LogP contribution in [0.15, 0.2) is 72.9 Å². The van der Waals surface area contributed by atoms with E-state index in [-0.39, 0.29) is 12.1 Å². The summed E-state index contributed by atoms with van der Waals surface area (Å²) in [5.74, 6) is 0.768. The molecule has 2 saturated heterocycles. The second kappa shape index (κ2) is 11.5. The Morgan fingerprint density at radius 2 is 1.73 bits per heavy atom. The molecule has 2 fully saturated rings. The maximum atomic E-state index is 7.00. The highest BCUT2D eigenvalue weighted by Gasteiger charge is 2.42. The van der Waals surface area contributed by atoms with Gasteiger partial charge in [-0.3, -0.25) is 4.98 Å². The molecule has 2 aliphatic heterocycles. The Hall–Kier alpha value is -3.35. The molecule has 1 N–H and O–H groups in total. The summed E-state index contributed by atoms with van der Waals surface area (Å²) in [6, 6.07) is 23.3. The molecule has 4 heterocycles. The van der Waals surface area contributed by atoms with Crippen LogP contribution in [-0.2, 0) is 6.42 Å². The SMILES string of the molecule is CCc1ccccc1-n1c(C)cc([C@H]2[C@@H](c3ccccn3)NC(=S)N2c2ccc(N3CCC(C)CC3)c(Cl)c2)c1C. The van der Waals surface area contributed by atoms with Gasteiger partial charge in [-0.2, -0.15) is 0 Å². The van der Waals surface area contributed by atoms with Crippen molar-refractivity contribution >= 4 is 40.3 Å². The Kier molecular flexibility index (Phi) is 7.80. The average Bonchev–Trinajstić information content (AvgIpc) is 3.48. The van der Waals surface area contributed by atoms with Crippen LogP contribution in [0.4, 0.5) is 11.4 Å². The number of hydrogen-bond acceptors (Lipinski definition) is 3. The topological polar surface area (TPSA) is 36.3 Å². The first-order valence-corrected chi connectivity index (χ1v) is 15.5. The minimum atomic E-state index is -0.110. The van der Waals surface area contributed by atoms with Crippen LogP contribution in [0.25, 0.3) is 5.69 Å². The van der Waals surface area contributed by atoms with E-state index in [1.54, 1.807) is 0 Å². The lowest BCUT2D eigenvalue weighted by Crippen LogP contribution is -2.33. The number of aryl methyl sites for hydroxylation is 2. The number of hydrogen-bond donors (Lipinski definition) is 1. The molecule has 0 unspecified atom stereocenters. The standard InChI is InChI=1S/C34H38ClN5S/c1-5-25-10-6-7-12-30(25)39-23(3)20-27(24(39)4)33-32(29-11-8-9-17-36-29)37-34(41)40(33)26-13-14-31(28(35)21-26)38-18-15-22(2)16-19-38/h6-14,17,20-22,32-33H,5,15-16,18-19H2,1-4H3,(H,37,41)/t32-,33+/m1/s1. The Bertz CT molecular complexity index is 1560. The monoisotopic (exact) mass is 583 g/mol. The van der Waals surface area contributed by atoms with Crippen LogP contribution < -0.4 is 15.1 Å². The molecule has 2 atom stereocenters. The first-order valence-electron chi connectivity index (χ1n) is 14.7. The third-order valence-corrected chi connectivity index (χ3v) is 9.45. The largest absolute Gasteiger partial charge is 0.370 e. The van der Waals surface area contributed by atoms with Crippen molar-refractivity contribution in [1.29, 1.82) is 0 Å². The van der Waals surface area contributed by atoms with Gasteiger partial charge in [0, 0.05) is 42.0 Å². The normalized spacial score (nSPS) is 19.6. The van der Waals surface area contributed by atoms with Gasteiger partial charge in [-0.05, 0) is 105 Å². The van der Waals surface area contributed by atoms with E-state index in [0.29, 0.717) is 5.11 Å². The van der Waals surface area contributed by atoms with Crippen LogP contribution in [0.1, 0.15) is 67.0 Å². The van der Waals surface area contributed by atoms with E-state index < -0.39 is 0 Å². The van der Waals surface area contributed by atoms with E-state index in [9.17, 15) is 0 Å². The van der Waals surface area contributed by atoms with Crippen LogP contribution in [0.5, 0.6) is 0 Å². The molecule has 212 valence electrons. The van der Waals surface area contributed by atoms with Gasteiger partial charge in [-0.25, -0.2) is 0 Å². The fraction of sp³-hybridized carbons (Fsp3) is 0.353. The van der Waals surface area contributed by atoms with Gasteiger partial charge in [0.1, 0.15) is 0 Å². The summed E-state index contributed by atoms with van der Waals surface area (Å²) in [5.41, 5.74) is 9.24. The Morgan fingerprint density at radius 3 is 2.44 bits per heavy atom. The van der Waals surface area contributed by atoms with Crippen molar-refractivity contribution in [3.8, 4) is 5.69 Å². The summed E-state index contributed by atoms with van der Waals surface area (Å²) in [6.07, 6.45) is 5.22. The molecule has 4 aromatic rings. The number of nitrogens with one attached hydrogen (secondary N) is 1. The fourth-order valence-electron chi connectivity index (χ4n) is 6.59. The fourth-order valence-corrected chi connectivity index (χ4v) is 7.23. The van der Waals surface area contributed by atoms with Gasteiger partial charge in [-0.1, -0.05) is 49.7 Å². The van der Waals surface area contributed by atoms with E-state index in [4.69, 9.17) is 28.8 Å².